The summed E-state index contributed by atoms with van der Waals surface area (Å²) in [5.74, 6) is -0.205. The Hall–Kier alpha value is -1.26. The molecule has 0 aliphatic carbocycles. The Morgan fingerprint density at radius 3 is 2.57 bits per heavy atom. The van der Waals surface area contributed by atoms with Crippen LogP contribution in [0.4, 0.5) is 5.69 Å². The van der Waals surface area contributed by atoms with Gasteiger partial charge in [0.05, 0.1) is 12.1 Å². The van der Waals surface area contributed by atoms with Crippen LogP contribution in [-0.4, -0.2) is 30.5 Å². The highest BCUT2D eigenvalue weighted by molar-refractivity contribution is 5.85. The normalized spacial score (nSPS) is 13.2. The minimum atomic E-state index is -0.205. The maximum atomic E-state index is 11.4. The summed E-state index contributed by atoms with van der Waals surface area (Å²) < 4.78 is 0. The van der Waals surface area contributed by atoms with Gasteiger partial charge in [0.15, 0.2) is 0 Å². The fraction of sp³-hybridized carbons (Fsp3) is 0.562. The fourth-order valence-corrected chi connectivity index (χ4v) is 2.71. The van der Waals surface area contributed by atoms with E-state index in [2.05, 4.69) is 30.3 Å². The minimum absolute atomic E-state index is 0. The molecular weight excluding hydrogens is 288 g/mol. The summed E-state index contributed by atoms with van der Waals surface area (Å²) >= 11 is 0. The first-order valence-corrected chi connectivity index (χ1v) is 7.53. The molecule has 0 radical (unpaired) electrons. The van der Waals surface area contributed by atoms with E-state index < -0.39 is 0 Å². The van der Waals surface area contributed by atoms with Crippen molar-refractivity contribution in [2.45, 2.75) is 39.5 Å². The van der Waals surface area contributed by atoms with Crippen molar-refractivity contribution in [3.63, 3.8) is 0 Å². The van der Waals surface area contributed by atoms with E-state index in [9.17, 15) is 4.79 Å². The number of rotatable bonds is 7. The number of nitrogens with one attached hydrogen (secondary N) is 1. The van der Waals surface area contributed by atoms with Crippen LogP contribution in [-0.2, 0) is 22.5 Å². The molecule has 1 aromatic carbocycles. The second-order valence-electron chi connectivity index (χ2n) is 5.29. The van der Waals surface area contributed by atoms with Gasteiger partial charge < -0.3 is 9.74 Å². The van der Waals surface area contributed by atoms with Crippen LogP contribution >= 0.6 is 12.4 Å². The van der Waals surface area contributed by atoms with E-state index >= 15 is 0 Å². The molecule has 1 aliphatic rings. The SMILES string of the molecule is CCCN(CCC)CCc1cccc2c1CC(=O)ON2.Cl. The molecule has 0 spiro atoms. The standard InChI is InChI=1S/C16H24N2O2.ClH/c1-3-9-18(10-4-2)11-8-13-6-5-7-15-14(13)12-16(19)20-17-15;/h5-7,17H,3-4,8-12H2,1-2H3;1H. The molecule has 0 fully saturated rings. The molecule has 0 saturated heterocycles. The van der Waals surface area contributed by atoms with Crippen molar-refractivity contribution in [3.05, 3.63) is 29.3 Å². The minimum Gasteiger partial charge on any atom is -0.343 e. The number of fused-ring (bicyclic) bond motifs is 1. The number of carbonyl (C=O) groups excluding carboxylic acids is 1. The van der Waals surface area contributed by atoms with Gasteiger partial charge in [-0.05, 0) is 49.5 Å². The molecule has 118 valence electrons. The van der Waals surface area contributed by atoms with Gasteiger partial charge in [0.25, 0.3) is 0 Å². The van der Waals surface area contributed by atoms with Crippen LogP contribution in [0.25, 0.3) is 0 Å². The van der Waals surface area contributed by atoms with Crippen molar-refractivity contribution in [1.82, 2.24) is 4.90 Å². The van der Waals surface area contributed by atoms with Crippen LogP contribution in [0.2, 0.25) is 0 Å². The second-order valence-corrected chi connectivity index (χ2v) is 5.29. The molecule has 0 atom stereocenters. The first-order chi connectivity index (χ1) is 9.74. The van der Waals surface area contributed by atoms with Gasteiger partial charge in [0.2, 0.25) is 0 Å². The van der Waals surface area contributed by atoms with E-state index in [4.69, 9.17) is 4.84 Å². The molecule has 1 N–H and O–H groups in total. The molecule has 1 aromatic rings. The third-order valence-corrected chi connectivity index (χ3v) is 3.65. The third-order valence-electron chi connectivity index (χ3n) is 3.65. The zero-order chi connectivity index (χ0) is 14.4. The average molecular weight is 313 g/mol. The Bertz CT molecular complexity index is 460. The summed E-state index contributed by atoms with van der Waals surface area (Å²) in [4.78, 5) is 18.8. The largest absolute Gasteiger partial charge is 0.343 e. The van der Waals surface area contributed by atoms with Crippen LogP contribution in [0.3, 0.4) is 0 Å². The van der Waals surface area contributed by atoms with Crippen LogP contribution in [0, 0.1) is 0 Å². The Morgan fingerprint density at radius 1 is 1.19 bits per heavy atom. The lowest BCUT2D eigenvalue weighted by molar-refractivity contribution is -0.140. The molecule has 4 nitrogen and oxygen atoms in total. The van der Waals surface area contributed by atoms with Crippen molar-refractivity contribution in [2.75, 3.05) is 25.1 Å². The molecule has 2 rings (SSSR count). The maximum Gasteiger partial charge on any atom is 0.336 e. The summed E-state index contributed by atoms with van der Waals surface area (Å²) in [5.41, 5.74) is 6.01. The van der Waals surface area contributed by atoms with Crippen LogP contribution < -0.4 is 5.48 Å². The molecule has 0 saturated carbocycles. The molecule has 21 heavy (non-hydrogen) atoms. The number of hydrogen-bond donors (Lipinski definition) is 1. The summed E-state index contributed by atoms with van der Waals surface area (Å²) in [5, 5.41) is 0. The average Bonchev–Trinajstić information content (AvgIpc) is 2.45. The smallest absolute Gasteiger partial charge is 0.336 e. The van der Waals surface area contributed by atoms with Gasteiger partial charge in [-0.25, -0.2) is 10.3 Å². The van der Waals surface area contributed by atoms with E-state index in [1.54, 1.807) is 0 Å². The molecule has 0 unspecified atom stereocenters. The van der Waals surface area contributed by atoms with Gasteiger partial charge >= 0.3 is 5.97 Å². The molecule has 1 aliphatic heterocycles. The van der Waals surface area contributed by atoms with Crippen molar-refractivity contribution >= 4 is 24.1 Å². The van der Waals surface area contributed by atoms with E-state index in [1.165, 1.54) is 18.4 Å². The number of hydrogen-bond acceptors (Lipinski definition) is 4. The first kappa shape index (κ1) is 17.8. The number of benzene rings is 1. The Morgan fingerprint density at radius 2 is 1.90 bits per heavy atom. The molecule has 0 aromatic heterocycles. The summed E-state index contributed by atoms with van der Waals surface area (Å²) in [6.45, 7) is 7.76. The third kappa shape index (κ3) is 4.90. The molecular formula is C16H25ClN2O2. The highest BCUT2D eigenvalue weighted by Crippen LogP contribution is 2.25. The zero-order valence-electron chi connectivity index (χ0n) is 12.9. The molecule has 5 heteroatoms. The molecule has 0 amide bonds. The number of halogens is 1. The summed E-state index contributed by atoms with van der Waals surface area (Å²) in [7, 11) is 0. The van der Waals surface area contributed by atoms with Crippen molar-refractivity contribution in [1.29, 1.82) is 0 Å². The number of anilines is 1. The van der Waals surface area contributed by atoms with E-state index in [-0.39, 0.29) is 18.4 Å². The van der Waals surface area contributed by atoms with E-state index in [1.807, 2.05) is 12.1 Å². The van der Waals surface area contributed by atoms with Crippen molar-refractivity contribution < 1.29 is 9.63 Å². The lowest BCUT2D eigenvalue weighted by atomic mass is 9.99. The Balaban J connectivity index is 0.00000220. The van der Waals surface area contributed by atoms with Gasteiger partial charge in [-0.3, -0.25) is 0 Å². The number of carbonyl (C=O) groups is 1. The molecule has 0 bridgehead atoms. The summed E-state index contributed by atoms with van der Waals surface area (Å²) in [6, 6.07) is 6.10. The van der Waals surface area contributed by atoms with Crippen LogP contribution in [0.15, 0.2) is 18.2 Å². The first-order valence-electron chi connectivity index (χ1n) is 7.53. The fourth-order valence-electron chi connectivity index (χ4n) is 2.71. The monoisotopic (exact) mass is 312 g/mol. The maximum absolute atomic E-state index is 11.4. The summed E-state index contributed by atoms with van der Waals surface area (Å²) in [6.07, 6.45) is 3.72. The van der Waals surface area contributed by atoms with Gasteiger partial charge in [0.1, 0.15) is 0 Å². The highest BCUT2D eigenvalue weighted by Gasteiger charge is 2.19. The van der Waals surface area contributed by atoms with Crippen LogP contribution in [0.1, 0.15) is 37.8 Å². The Kier molecular flexibility index (Phi) is 7.54. The predicted molar refractivity (Wildman–Crippen MR) is 87.8 cm³/mol. The van der Waals surface area contributed by atoms with Gasteiger partial charge in [-0.1, -0.05) is 26.0 Å². The van der Waals surface area contributed by atoms with Gasteiger partial charge in [-0.15, -0.1) is 12.4 Å². The van der Waals surface area contributed by atoms with Gasteiger partial charge in [-0.2, -0.15) is 0 Å². The zero-order valence-corrected chi connectivity index (χ0v) is 13.7. The lowest BCUT2D eigenvalue weighted by Gasteiger charge is -2.23. The quantitative estimate of drug-likeness (QED) is 0.839. The topological polar surface area (TPSA) is 41.6 Å². The number of nitrogens with zero attached hydrogens (tertiary/aromatic N) is 1. The van der Waals surface area contributed by atoms with E-state index in [0.29, 0.717) is 6.42 Å². The van der Waals surface area contributed by atoms with Crippen molar-refractivity contribution in [3.8, 4) is 0 Å². The lowest BCUT2D eigenvalue weighted by Crippen LogP contribution is -2.28. The highest BCUT2D eigenvalue weighted by atomic mass is 35.5. The molecule has 1 heterocycles. The Labute approximate surface area is 133 Å². The van der Waals surface area contributed by atoms with Crippen molar-refractivity contribution in [2.24, 2.45) is 0 Å². The predicted octanol–water partition coefficient (Wildman–Crippen LogP) is 3.20. The van der Waals surface area contributed by atoms with E-state index in [0.717, 1.165) is 37.3 Å². The van der Waals surface area contributed by atoms with Crippen LogP contribution in [0.5, 0.6) is 0 Å². The second kappa shape index (κ2) is 8.90. The van der Waals surface area contributed by atoms with Gasteiger partial charge in [0, 0.05) is 6.54 Å².